The normalized spacial score (nSPS) is 11.2. The first-order chi connectivity index (χ1) is 15.3. The minimum atomic E-state index is -4.27. The topological polar surface area (TPSA) is 68.5 Å². The Bertz CT molecular complexity index is 1490. The van der Waals surface area contributed by atoms with Crippen LogP contribution in [0.2, 0.25) is 0 Å². The number of hydrogen-bond acceptors (Lipinski definition) is 3. The van der Waals surface area contributed by atoms with Gasteiger partial charge in [0.1, 0.15) is 10.1 Å². The lowest BCUT2D eigenvalue weighted by atomic mass is 10.1. The molecule has 160 valence electrons. The van der Waals surface area contributed by atoms with Gasteiger partial charge in [-0.2, -0.15) is 0 Å². The molecule has 5 rings (SSSR count). The first kappa shape index (κ1) is 22.1. The molecule has 4 nitrogen and oxygen atoms in total. The van der Waals surface area contributed by atoms with Gasteiger partial charge in [-0.25, -0.2) is 12.8 Å². The summed E-state index contributed by atoms with van der Waals surface area (Å²) < 4.78 is 38.3. The van der Waals surface area contributed by atoms with Gasteiger partial charge in [0.05, 0.1) is 15.8 Å². The summed E-state index contributed by atoms with van der Waals surface area (Å²) in [5.74, 6) is 0.880. The summed E-state index contributed by atoms with van der Waals surface area (Å²) in [6.45, 7) is 1.82. The average Bonchev–Trinajstić information content (AvgIpc) is 2.79. The van der Waals surface area contributed by atoms with Crippen LogP contribution in [0.25, 0.3) is 33.1 Å². The van der Waals surface area contributed by atoms with E-state index in [1.165, 1.54) is 22.9 Å². The third-order valence-corrected chi connectivity index (χ3v) is 6.37. The molecule has 1 heterocycles. The smallest absolute Gasteiger partial charge is 0.361 e. The molecule has 0 aliphatic rings. The van der Waals surface area contributed by atoms with E-state index in [-0.39, 0.29) is 4.90 Å². The maximum Gasteiger partial charge on any atom is 0.361 e. The molecule has 0 spiro atoms. The molecule has 0 aliphatic heterocycles. The van der Waals surface area contributed by atoms with E-state index in [9.17, 15) is 13.0 Å². The molecule has 0 amide bonds. The van der Waals surface area contributed by atoms with E-state index in [0.29, 0.717) is 0 Å². The summed E-state index contributed by atoms with van der Waals surface area (Å²) in [7, 11) is -4.27. The molecule has 0 saturated carbocycles. The zero-order valence-corrected chi connectivity index (χ0v) is 19.6. The maximum atomic E-state index is 10.4. The van der Waals surface area contributed by atoms with E-state index in [0.717, 1.165) is 32.3 Å². The van der Waals surface area contributed by atoms with Crippen molar-refractivity contribution in [3.63, 3.8) is 0 Å². The molecule has 1 aromatic heterocycles. The zero-order valence-electron chi connectivity index (χ0n) is 17.2. The minimum Gasteiger partial charge on any atom is -0.744 e. The van der Waals surface area contributed by atoms with Gasteiger partial charge in [0.15, 0.2) is 0 Å². The van der Waals surface area contributed by atoms with Crippen LogP contribution in [0.15, 0.2) is 111 Å². The van der Waals surface area contributed by atoms with Crippen molar-refractivity contribution in [2.75, 3.05) is 0 Å². The van der Waals surface area contributed by atoms with Gasteiger partial charge in [0, 0.05) is 16.6 Å². The lowest BCUT2D eigenvalue weighted by molar-refractivity contribution is 0.463. The van der Waals surface area contributed by atoms with Crippen molar-refractivity contribution in [2.24, 2.45) is 0 Å². The Labute approximate surface area is 195 Å². The molecule has 0 fully saturated rings. The quantitative estimate of drug-likeness (QED) is 0.144. The molecule has 0 saturated heterocycles. The highest BCUT2D eigenvalue weighted by atomic mass is 79.9. The van der Waals surface area contributed by atoms with E-state index in [1.54, 1.807) is 12.1 Å². The Kier molecular flexibility index (Phi) is 6.37. The maximum absolute atomic E-state index is 10.4. The average molecular weight is 507 g/mol. The molecule has 5 aromatic rings. The minimum absolute atomic E-state index is 0.178. The standard InChI is InChI=1S/C19H12BrO.C7H8O3S/c20-15-8-5-14(6-9-15)18-12-10-17-16-4-2-1-3-13(16)7-11-19(17)21-18;1-6-2-4-7(5-3-6)11(8,9)10/h1-12H;2-5H,1H3,(H,8,9,10)/q+1;/p-1. The first-order valence-electron chi connectivity index (χ1n) is 9.84. The van der Waals surface area contributed by atoms with Crippen molar-refractivity contribution in [3.8, 4) is 11.3 Å². The van der Waals surface area contributed by atoms with E-state index in [2.05, 4.69) is 64.5 Å². The van der Waals surface area contributed by atoms with Crippen LogP contribution >= 0.6 is 15.9 Å². The largest absolute Gasteiger partial charge is 0.744 e. The van der Waals surface area contributed by atoms with E-state index in [4.69, 9.17) is 4.42 Å². The van der Waals surface area contributed by atoms with Gasteiger partial charge in [0.25, 0.3) is 0 Å². The molecule has 0 unspecified atom stereocenters. The predicted octanol–water partition coefficient (Wildman–Crippen LogP) is 7.20. The molecular formula is C26H19BrO4S. The number of hydrogen-bond donors (Lipinski definition) is 0. The van der Waals surface area contributed by atoms with Gasteiger partial charge >= 0.3 is 11.3 Å². The third-order valence-electron chi connectivity index (χ3n) is 4.99. The van der Waals surface area contributed by atoms with Crippen molar-refractivity contribution >= 4 is 47.8 Å². The van der Waals surface area contributed by atoms with Crippen LogP contribution in [-0.4, -0.2) is 13.0 Å². The van der Waals surface area contributed by atoms with Gasteiger partial charge < -0.3 is 4.55 Å². The molecular weight excluding hydrogens is 488 g/mol. The highest BCUT2D eigenvalue weighted by Gasteiger charge is 2.15. The lowest BCUT2D eigenvalue weighted by Crippen LogP contribution is -1.97. The van der Waals surface area contributed by atoms with Crippen molar-refractivity contribution in [3.05, 3.63) is 107 Å². The van der Waals surface area contributed by atoms with Crippen LogP contribution in [-0.2, 0) is 10.1 Å². The van der Waals surface area contributed by atoms with Gasteiger partial charge in [-0.3, -0.25) is 0 Å². The van der Waals surface area contributed by atoms with Crippen LogP contribution < -0.4 is 0 Å². The number of rotatable bonds is 2. The fourth-order valence-electron chi connectivity index (χ4n) is 3.32. The highest BCUT2D eigenvalue weighted by Crippen LogP contribution is 2.30. The SMILES string of the molecule is Brc1ccc(-c2ccc3c(ccc4ccccc43)[o+]2)cc1.Cc1ccc(S(=O)(=O)[O-])cc1. The first-order valence-corrected chi connectivity index (χ1v) is 12.0. The van der Waals surface area contributed by atoms with Crippen LogP contribution in [0.1, 0.15) is 5.56 Å². The summed E-state index contributed by atoms with van der Waals surface area (Å²) in [5.41, 5.74) is 2.92. The number of halogens is 1. The van der Waals surface area contributed by atoms with Gasteiger partial charge in [-0.05, 0) is 66.2 Å². The Balaban J connectivity index is 0.000000189. The predicted molar refractivity (Wildman–Crippen MR) is 130 cm³/mol. The highest BCUT2D eigenvalue weighted by molar-refractivity contribution is 9.10. The summed E-state index contributed by atoms with van der Waals surface area (Å²) in [6, 6.07) is 30.6. The second kappa shape index (κ2) is 9.20. The monoisotopic (exact) mass is 506 g/mol. The fourth-order valence-corrected chi connectivity index (χ4v) is 4.06. The van der Waals surface area contributed by atoms with Crippen molar-refractivity contribution < 1.29 is 17.4 Å². The Morgan fingerprint density at radius 1 is 0.750 bits per heavy atom. The van der Waals surface area contributed by atoms with Crippen molar-refractivity contribution in [1.29, 1.82) is 0 Å². The molecule has 0 atom stereocenters. The summed E-state index contributed by atoms with van der Waals surface area (Å²) in [6.07, 6.45) is 0. The molecule has 0 radical (unpaired) electrons. The Morgan fingerprint density at radius 2 is 1.44 bits per heavy atom. The lowest BCUT2D eigenvalue weighted by Gasteiger charge is -2.05. The molecule has 0 bridgehead atoms. The van der Waals surface area contributed by atoms with E-state index in [1.807, 2.05) is 31.2 Å². The zero-order chi connectivity index (χ0) is 22.7. The van der Waals surface area contributed by atoms with Gasteiger partial charge in [0.2, 0.25) is 0 Å². The number of benzene rings is 4. The Morgan fingerprint density at radius 3 is 2.12 bits per heavy atom. The van der Waals surface area contributed by atoms with Gasteiger partial charge in [-0.1, -0.05) is 57.9 Å². The number of aryl methyl sites for hydroxylation is 1. The van der Waals surface area contributed by atoms with Crippen LogP contribution in [0, 0.1) is 6.92 Å². The van der Waals surface area contributed by atoms with Crippen LogP contribution in [0.3, 0.4) is 0 Å². The van der Waals surface area contributed by atoms with Crippen molar-refractivity contribution in [1.82, 2.24) is 0 Å². The third kappa shape index (κ3) is 5.05. The summed E-state index contributed by atoms with van der Waals surface area (Å²) in [5, 5.41) is 3.60. The molecule has 4 aromatic carbocycles. The second-order valence-corrected chi connectivity index (χ2v) is 9.57. The second-order valence-electron chi connectivity index (χ2n) is 7.27. The molecule has 32 heavy (non-hydrogen) atoms. The number of fused-ring (bicyclic) bond motifs is 3. The van der Waals surface area contributed by atoms with E-state index >= 15 is 0 Å². The Hall–Kier alpha value is -3.06. The summed E-state index contributed by atoms with van der Waals surface area (Å²) >= 11 is 3.45. The van der Waals surface area contributed by atoms with Crippen LogP contribution in [0.5, 0.6) is 0 Å². The van der Waals surface area contributed by atoms with E-state index < -0.39 is 10.1 Å². The van der Waals surface area contributed by atoms with Gasteiger partial charge in [-0.15, -0.1) is 0 Å². The molecule has 0 N–H and O–H groups in total. The van der Waals surface area contributed by atoms with Crippen molar-refractivity contribution in [2.45, 2.75) is 11.8 Å². The fraction of sp³-hybridized carbons (Fsp3) is 0.0385. The molecule has 0 aliphatic carbocycles. The van der Waals surface area contributed by atoms with Crippen LogP contribution in [0.4, 0.5) is 0 Å². The summed E-state index contributed by atoms with van der Waals surface area (Å²) in [4.78, 5) is -0.178. The molecule has 6 heteroatoms.